The zero-order valence-corrected chi connectivity index (χ0v) is 11.0. The molecule has 0 unspecified atom stereocenters. The van der Waals surface area contributed by atoms with Gasteiger partial charge in [-0.25, -0.2) is 9.80 Å². The first-order valence-electron chi connectivity index (χ1n) is 5.81. The third-order valence-electron chi connectivity index (χ3n) is 2.70. The predicted molar refractivity (Wildman–Crippen MR) is 70.7 cm³/mol. The summed E-state index contributed by atoms with van der Waals surface area (Å²) in [6.45, 7) is 4.58. The Kier molecular flexibility index (Phi) is 4.41. The Labute approximate surface area is 111 Å². The predicted octanol–water partition coefficient (Wildman–Crippen LogP) is 2.02. The quantitative estimate of drug-likeness (QED) is 0.864. The minimum absolute atomic E-state index is 0.267. The summed E-state index contributed by atoms with van der Waals surface area (Å²) in [5.74, 6) is 0. The second kappa shape index (κ2) is 6.04. The molecule has 6 heteroatoms. The van der Waals surface area contributed by atoms with Crippen LogP contribution in [0.1, 0.15) is 5.56 Å². The molecule has 2 rings (SSSR count). The maximum Gasteiger partial charge on any atom is 0.333 e. The van der Waals surface area contributed by atoms with Crippen molar-refractivity contribution >= 4 is 23.3 Å². The topological polar surface area (TPSA) is 53.6 Å². The number of urea groups is 1. The van der Waals surface area contributed by atoms with E-state index >= 15 is 0 Å². The summed E-state index contributed by atoms with van der Waals surface area (Å²) in [6, 6.07) is 5.15. The molecular formula is C12H16ClN3O2. The number of hydrogen-bond donors (Lipinski definition) is 2. The molecule has 1 aliphatic rings. The number of morpholine rings is 1. The Morgan fingerprint density at radius 1 is 1.39 bits per heavy atom. The van der Waals surface area contributed by atoms with E-state index in [2.05, 4.69) is 10.7 Å². The zero-order chi connectivity index (χ0) is 13.0. The third-order valence-corrected chi connectivity index (χ3v) is 3.11. The maximum atomic E-state index is 11.7. The summed E-state index contributed by atoms with van der Waals surface area (Å²) in [4.78, 5) is 11.7. The number of ether oxygens (including phenoxy) is 1. The van der Waals surface area contributed by atoms with Crippen LogP contribution in [0.2, 0.25) is 5.02 Å². The van der Waals surface area contributed by atoms with Crippen molar-refractivity contribution in [2.75, 3.05) is 31.6 Å². The zero-order valence-electron chi connectivity index (χ0n) is 10.2. The Bertz CT molecular complexity index is 433. The van der Waals surface area contributed by atoms with E-state index in [-0.39, 0.29) is 6.03 Å². The number of anilines is 1. The van der Waals surface area contributed by atoms with Gasteiger partial charge in [0.25, 0.3) is 0 Å². The van der Waals surface area contributed by atoms with E-state index in [1.165, 1.54) is 0 Å². The molecule has 98 valence electrons. The van der Waals surface area contributed by atoms with Crippen LogP contribution < -0.4 is 10.7 Å². The summed E-state index contributed by atoms with van der Waals surface area (Å²) in [5, 5.41) is 5.21. The number of benzene rings is 1. The van der Waals surface area contributed by atoms with Crippen LogP contribution in [-0.4, -0.2) is 37.3 Å². The van der Waals surface area contributed by atoms with Crippen LogP contribution in [0, 0.1) is 6.92 Å². The number of carbonyl (C=O) groups is 1. The molecular weight excluding hydrogens is 254 g/mol. The molecule has 5 nitrogen and oxygen atoms in total. The van der Waals surface area contributed by atoms with Gasteiger partial charge in [-0.1, -0.05) is 17.7 Å². The summed E-state index contributed by atoms with van der Waals surface area (Å²) >= 11 is 5.99. The molecule has 1 aromatic carbocycles. The van der Waals surface area contributed by atoms with Crippen molar-refractivity contribution in [3.63, 3.8) is 0 Å². The molecule has 2 amide bonds. The van der Waals surface area contributed by atoms with Crippen molar-refractivity contribution in [2.45, 2.75) is 6.92 Å². The first-order valence-corrected chi connectivity index (χ1v) is 6.19. The van der Waals surface area contributed by atoms with Gasteiger partial charge in [0.1, 0.15) is 0 Å². The van der Waals surface area contributed by atoms with E-state index in [1.807, 2.05) is 24.1 Å². The van der Waals surface area contributed by atoms with Crippen molar-refractivity contribution in [1.82, 2.24) is 10.4 Å². The highest BCUT2D eigenvalue weighted by atomic mass is 35.5. The monoisotopic (exact) mass is 269 g/mol. The van der Waals surface area contributed by atoms with Gasteiger partial charge >= 0.3 is 6.03 Å². The molecule has 0 bridgehead atoms. The van der Waals surface area contributed by atoms with Crippen molar-refractivity contribution < 1.29 is 9.53 Å². The van der Waals surface area contributed by atoms with Gasteiger partial charge < -0.3 is 10.1 Å². The molecule has 0 radical (unpaired) electrons. The van der Waals surface area contributed by atoms with E-state index in [0.29, 0.717) is 37.0 Å². The van der Waals surface area contributed by atoms with Crippen molar-refractivity contribution in [3.05, 3.63) is 28.8 Å². The number of amides is 2. The van der Waals surface area contributed by atoms with E-state index in [4.69, 9.17) is 16.3 Å². The molecule has 0 atom stereocenters. The van der Waals surface area contributed by atoms with Gasteiger partial charge in [-0.15, -0.1) is 0 Å². The highest BCUT2D eigenvalue weighted by Gasteiger charge is 2.12. The lowest BCUT2D eigenvalue weighted by Gasteiger charge is -2.26. The molecule has 0 spiro atoms. The van der Waals surface area contributed by atoms with Gasteiger partial charge in [0.05, 0.1) is 13.2 Å². The summed E-state index contributed by atoms with van der Waals surface area (Å²) < 4.78 is 5.20. The molecule has 1 heterocycles. The lowest BCUT2D eigenvalue weighted by atomic mass is 10.2. The van der Waals surface area contributed by atoms with Gasteiger partial charge in [-0.2, -0.15) is 0 Å². The van der Waals surface area contributed by atoms with Crippen LogP contribution in [0.4, 0.5) is 10.5 Å². The average Bonchev–Trinajstić information content (AvgIpc) is 2.35. The molecule has 1 aliphatic heterocycles. The first kappa shape index (κ1) is 13.1. The smallest absolute Gasteiger partial charge is 0.333 e. The lowest BCUT2D eigenvalue weighted by Crippen LogP contribution is -2.49. The van der Waals surface area contributed by atoms with Crippen LogP contribution in [0.3, 0.4) is 0 Å². The SMILES string of the molecule is Cc1ccc(NC(=O)NN2CCOCC2)cc1Cl. The van der Waals surface area contributed by atoms with E-state index in [0.717, 1.165) is 5.56 Å². The fraction of sp³-hybridized carbons (Fsp3) is 0.417. The minimum Gasteiger partial charge on any atom is -0.379 e. The van der Waals surface area contributed by atoms with Gasteiger partial charge in [-0.3, -0.25) is 5.43 Å². The van der Waals surface area contributed by atoms with Crippen molar-refractivity contribution in [1.29, 1.82) is 0 Å². The Balaban J connectivity index is 1.88. The number of aryl methyl sites for hydroxylation is 1. The van der Waals surface area contributed by atoms with Crippen LogP contribution in [0.15, 0.2) is 18.2 Å². The molecule has 0 aromatic heterocycles. The molecule has 1 fully saturated rings. The highest BCUT2D eigenvalue weighted by molar-refractivity contribution is 6.31. The summed E-state index contributed by atoms with van der Waals surface area (Å²) in [5.41, 5.74) is 4.42. The van der Waals surface area contributed by atoms with Crippen LogP contribution in [0.25, 0.3) is 0 Å². The van der Waals surface area contributed by atoms with Gasteiger partial charge in [0.2, 0.25) is 0 Å². The Hall–Kier alpha value is -1.30. The number of rotatable bonds is 2. The average molecular weight is 270 g/mol. The summed E-state index contributed by atoms with van der Waals surface area (Å²) in [6.07, 6.45) is 0. The molecule has 0 aliphatic carbocycles. The Morgan fingerprint density at radius 3 is 2.78 bits per heavy atom. The molecule has 0 saturated carbocycles. The number of halogens is 1. The molecule has 1 saturated heterocycles. The van der Waals surface area contributed by atoms with Crippen molar-refractivity contribution in [2.24, 2.45) is 0 Å². The first-order chi connectivity index (χ1) is 8.65. The maximum absolute atomic E-state index is 11.7. The second-order valence-electron chi connectivity index (χ2n) is 4.13. The fourth-order valence-corrected chi connectivity index (χ4v) is 1.83. The molecule has 2 N–H and O–H groups in total. The number of hydrogen-bond acceptors (Lipinski definition) is 3. The highest BCUT2D eigenvalue weighted by Crippen LogP contribution is 2.19. The normalized spacial score (nSPS) is 16.3. The van der Waals surface area contributed by atoms with Gasteiger partial charge in [-0.05, 0) is 24.6 Å². The fourth-order valence-electron chi connectivity index (χ4n) is 1.65. The number of nitrogens with one attached hydrogen (secondary N) is 2. The van der Waals surface area contributed by atoms with E-state index < -0.39 is 0 Å². The van der Waals surface area contributed by atoms with Crippen molar-refractivity contribution in [3.8, 4) is 0 Å². The van der Waals surface area contributed by atoms with Gasteiger partial charge in [0.15, 0.2) is 0 Å². The third kappa shape index (κ3) is 3.60. The second-order valence-corrected chi connectivity index (χ2v) is 4.54. The van der Waals surface area contributed by atoms with Crippen LogP contribution >= 0.6 is 11.6 Å². The summed E-state index contributed by atoms with van der Waals surface area (Å²) in [7, 11) is 0. The standard InChI is InChI=1S/C12H16ClN3O2/c1-9-2-3-10(8-11(9)13)14-12(17)15-16-4-6-18-7-5-16/h2-3,8H,4-7H2,1H3,(H2,14,15,17). The van der Waals surface area contributed by atoms with Crippen LogP contribution in [0.5, 0.6) is 0 Å². The largest absolute Gasteiger partial charge is 0.379 e. The molecule has 1 aromatic rings. The molecule has 18 heavy (non-hydrogen) atoms. The Morgan fingerprint density at radius 2 is 2.11 bits per heavy atom. The number of hydrazine groups is 1. The van der Waals surface area contributed by atoms with Gasteiger partial charge in [0, 0.05) is 23.8 Å². The van der Waals surface area contributed by atoms with Crippen LogP contribution in [-0.2, 0) is 4.74 Å². The number of carbonyl (C=O) groups excluding carboxylic acids is 1. The van der Waals surface area contributed by atoms with E-state index in [9.17, 15) is 4.79 Å². The number of nitrogens with zero attached hydrogens (tertiary/aromatic N) is 1. The van der Waals surface area contributed by atoms with E-state index in [1.54, 1.807) is 6.07 Å². The minimum atomic E-state index is -0.267. The lowest BCUT2D eigenvalue weighted by molar-refractivity contribution is 0.0207.